The molecule has 20 heavy (non-hydrogen) atoms. The lowest BCUT2D eigenvalue weighted by Gasteiger charge is -2.01. The Kier molecular flexibility index (Phi) is 3.83. The maximum absolute atomic E-state index is 12.0. The number of nitrogens with zero attached hydrogens (tertiary/aromatic N) is 1. The number of carbonyl (C=O) groups excluding carboxylic acids is 1. The van der Waals surface area contributed by atoms with Gasteiger partial charge in [0.1, 0.15) is 0 Å². The third-order valence-electron chi connectivity index (χ3n) is 2.61. The van der Waals surface area contributed by atoms with Gasteiger partial charge in [-0.25, -0.2) is 0 Å². The van der Waals surface area contributed by atoms with Gasteiger partial charge in [0.2, 0.25) is 0 Å². The highest BCUT2D eigenvalue weighted by Gasteiger charge is 2.14. The van der Waals surface area contributed by atoms with Gasteiger partial charge in [0.25, 0.3) is 5.91 Å². The summed E-state index contributed by atoms with van der Waals surface area (Å²) in [6.45, 7) is 0. The van der Waals surface area contributed by atoms with E-state index in [-0.39, 0.29) is 11.6 Å². The Hall–Kier alpha value is -1.67. The summed E-state index contributed by atoms with van der Waals surface area (Å²) in [5.41, 5.74) is 1.00. The van der Waals surface area contributed by atoms with Crippen LogP contribution in [0.3, 0.4) is 0 Å². The minimum Gasteiger partial charge on any atom is -0.355 e. The van der Waals surface area contributed by atoms with E-state index >= 15 is 0 Å². The quantitative estimate of drug-likeness (QED) is 0.674. The highest BCUT2D eigenvalue weighted by atomic mass is 127. The van der Waals surface area contributed by atoms with Crippen LogP contribution in [0.25, 0.3) is 10.6 Å². The highest BCUT2D eigenvalue weighted by Crippen LogP contribution is 2.25. The second-order valence-electron chi connectivity index (χ2n) is 4.01. The Morgan fingerprint density at radius 1 is 1.25 bits per heavy atom. The van der Waals surface area contributed by atoms with Crippen molar-refractivity contribution in [2.45, 2.75) is 0 Å². The van der Waals surface area contributed by atoms with Crippen molar-refractivity contribution < 1.29 is 9.32 Å². The lowest BCUT2D eigenvalue weighted by Crippen LogP contribution is -2.11. The molecular weight excluding hydrogens is 387 g/mol. The first kappa shape index (κ1) is 13.3. The van der Waals surface area contributed by atoms with Gasteiger partial charge in [0.15, 0.2) is 11.5 Å². The molecule has 1 amide bonds. The predicted octanol–water partition coefficient (Wildman–Crippen LogP) is 4.26. The fraction of sp³-hybridized carbons (Fsp3) is 0. The molecule has 4 nitrogen and oxygen atoms in total. The summed E-state index contributed by atoms with van der Waals surface area (Å²) < 4.78 is 6.30. The molecule has 100 valence electrons. The van der Waals surface area contributed by atoms with E-state index in [2.05, 4.69) is 33.1 Å². The van der Waals surface area contributed by atoms with Crippen LogP contribution < -0.4 is 5.32 Å². The molecule has 0 fully saturated rings. The van der Waals surface area contributed by atoms with E-state index in [9.17, 15) is 4.79 Å². The summed E-state index contributed by atoms with van der Waals surface area (Å²) >= 11 is 3.75. The Labute approximate surface area is 132 Å². The van der Waals surface area contributed by atoms with Crippen LogP contribution in [-0.2, 0) is 0 Å². The van der Waals surface area contributed by atoms with Crippen LogP contribution in [0, 0.1) is 3.57 Å². The molecule has 0 unspecified atom stereocenters. The molecular formula is C14H9IN2O2S. The van der Waals surface area contributed by atoms with E-state index in [4.69, 9.17) is 4.52 Å². The van der Waals surface area contributed by atoms with Crippen molar-refractivity contribution in [3.8, 4) is 10.6 Å². The molecule has 3 aromatic rings. The third kappa shape index (κ3) is 2.91. The summed E-state index contributed by atoms with van der Waals surface area (Å²) in [6.07, 6.45) is 0. The van der Waals surface area contributed by atoms with Gasteiger partial charge < -0.3 is 9.84 Å². The van der Waals surface area contributed by atoms with Crippen LogP contribution in [0.5, 0.6) is 0 Å². The number of benzene rings is 1. The van der Waals surface area contributed by atoms with E-state index < -0.39 is 0 Å². The second kappa shape index (κ2) is 5.76. The normalized spacial score (nSPS) is 10.4. The molecule has 0 spiro atoms. The highest BCUT2D eigenvalue weighted by molar-refractivity contribution is 14.1. The minimum atomic E-state index is -0.280. The molecule has 0 radical (unpaired) electrons. The van der Waals surface area contributed by atoms with Gasteiger partial charge in [-0.05, 0) is 58.3 Å². The topological polar surface area (TPSA) is 55.1 Å². The lowest BCUT2D eigenvalue weighted by molar-refractivity contribution is 0.101. The summed E-state index contributed by atoms with van der Waals surface area (Å²) in [4.78, 5) is 13.0. The molecule has 0 aliphatic heterocycles. The van der Waals surface area contributed by atoms with Crippen molar-refractivity contribution in [3.63, 3.8) is 0 Å². The number of hydrogen-bond acceptors (Lipinski definition) is 4. The SMILES string of the molecule is O=C(Nc1ccc(I)cc1)c1cc(-c2cccs2)on1. The molecule has 2 aromatic heterocycles. The van der Waals surface area contributed by atoms with Crippen LogP contribution in [0.2, 0.25) is 0 Å². The smallest absolute Gasteiger partial charge is 0.277 e. The fourth-order valence-electron chi connectivity index (χ4n) is 1.65. The number of thiophene rings is 1. The number of hydrogen-bond donors (Lipinski definition) is 1. The van der Waals surface area contributed by atoms with Crippen molar-refractivity contribution in [3.05, 3.63) is 57.1 Å². The van der Waals surface area contributed by atoms with Gasteiger partial charge in [-0.1, -0.05) is 11.2 Å². The monoisotopic (exact) mass is 396 g/mol. The van der Waals surface area contributed by atoms with Crippen LogP contribution in [-0.4, -0.2) is 11.1 Å². The van der Waals surface area contributed by atoms with Crippen LogP contribution in [0.15, 0.2) is 52.4 Å². The number of anilines is 1. The van der Waals surface area contributed by atoms with Gasteiger partial charge in [-0.3, -0.25) is 4.79 Å². The Bertz CT molecular complexity index is 720. The van der Waals surface area contributed by atoms with Gasteiger partial charge in [0.05, 0.1) is 4.88 Å². The molecule has 0 bridgehead atoms. The van der Waals surface area contributed by atoms with Gasteiger partial charge >= 0.3 is 0 Å². The Balaban J connectivity index is 1.76. The number of carbonyl (C=O) groups is 1. The van der Waals surface area contributed by atoms with Crippen molar-refractivity contribution in [2.75, 3.05) is 5.32 Å². The van der Waals surface area contributed by atoms with Crippen LogP contribution >= 0.6 is 33.9 Å². The lowest BCUT2D eigenvalue weighted by atomic mass is 10.3. The van der Waals surface area contributed by atoms with E-state index in [0.29, 0.717) is 5.76 Å². The number of rotatable bonds is 3. The molecule has 2 heterocycles. The largest absolute Gasteiger partial charge is 0.355 e. The number of halogens is 1. The number of aromatic nitrogens is 1. The van der Waals surface area contributed by atoms with Gasteiger partial charge in [-0.15, -0.1) is 11.3 Å². The third-order valence-corrected chi connectivity index (χ3v) is 4.21. The fourth-order valence-corrected chi connectivity index (χ4v) is 2.68. The van der Waals surface area contributed by atoms with Crippen molar-refractivity contribution in [1.82, 2.24) is 5.16 Å². The average Bonchev–Trinajstić information content (AvgIpc) is 3.11. The predicted molar refractivity (Wildman–Crippen MR) is 86.9 cm³/mol. The van der Waals surface area contributed by atoms with Crippen LogP contribution in [0.4, 0.5) is 5.69 Å². The van der Waals surface area contributed by atoms with Crippen LogP contribution in [0.1, 0.15) is 10.5 Å². The Morgan fingerprint density at radius 2 is 2.05 bits per heavy atom. The van der Waals surface area contributed by atoms with Gasteiger partial charge in [-0.2, -0.15) is 0 Å². The zero-order chi connectivity index (χ0) is 13.9. The minimum absolute atomic E-state index is 0.270. The zero-order valence-electron chi connectivity index (χ0n) is 10.2. The summed E-state index contributed by atoms with van der Waals surface area (Å²) in [7, 11) is 0. The van der Waals surface area contributed by atoms with E-state index in [1.165, 1.54) is 0 Å². The van der Waals surface area contributed by atoms with E-state index in [0.717, 1.165) is 14.1 Å². The molecule has 0 saturated carbocycles. The zero-order valence-corrected chi connectivity index (χ0v) is 13.1. The molecule has 6 heteroatoms. The summed E-state index contributed by atoms with van der Waals surface area (Å²) in [5.74, 6) is 0.325. The van der Waals surface area contributed by atoms with E-state index in [1.807, 2.05) is 41.8 Å². The standard InChI is InChI=1S/C14H9IN2O2S/c15-9-3-5-10(6-4-9)16-14(18)11-8-12(19-17-11)13-2-1-7-20-13/h1-8H,(H,16,18). The summed E-state index contributed by atoms with van der Waals surface area (Å²) in [5, 5.41) is 8.53. The Morgan fingerprint density at radius 3 is 2.75 bits per heavy atom. The first-order chi connectivity index (χ1) is 9.72. The van der Waals surface area contributed by atoms with Crippen molar-refractivity contribution >= 4 is 45.5 Å². The summed E-state index contributed by atoms with van der Waals surface area (Å²) in [6, 6.07) is 13.0. The maximum Gasteiger partial charge on any atom is 0.277 e. The molecule has 0 aliphatic carbocycles. The maximum atomic E-state index is 12.0. The molecule has 1 N–H and O–H groups in total. The first-order valence-corrected chi connectivity index (χ1v) is 7.76. The molecule has 3 rings (SSSR count). The molecule has 0 aliphatic rings. The van der Waals surface area contributed by atoms with Crippen molar-refractivity contribution in [2.24, 2.45) is 0 Å². The molecule has 1 aromatic carbocycles. The molecule has 0 atom stereocenters. The van der Waals surface area contributed by atoms with Gasteiger partial charge in [0, 0.05) is 15.3 Å². The van der Waals surface area contributed by atoms with E-state index in [1.54, 1.807) is 17.4 Å². The number of nitrogens with one attached hydrogen (secondary N) is 1. The number of amides is 1. The second-order valence-corrected chi connectivity index (χ2v) is 6.21. The first-order valence-electron chi connectivity index (χ1n) is 5.80. The molecule has 0 saturated heterocycles. The van der Waals surface area contributed by atoms with Crippen molar-refractivity contribution in [1.29, 1.82) is 0 Å². The average molecular weight is 396 g/mol.